The van der Waals surface area contributed by atoms with E-state index in [2.05, 4.69) is 263 Å². The highest BCUT2D eigenvalue weighted by molar-refractivity contribution is 6.20. The molecule has 0 amide bonds. The molecule has 0 bridgehead atoms. The molecule has 3 heteroatoms. The lowest BCUT2D eigenvalue weighted by Crippen LogP contribution is -2.28. The second-order valence-corrected chi connectivity index (χ2v) is 16.4. The van der Waals surface area contributed by atoms with Gasteiger partial charge in [-0.15, -0.1) is 0 Å². The van der Waals surface area contributed by atoms with Gasteiger partial charge in [0.15, 0.2) is 0 Å². The van der Waals surface area contributed by atoms with Crippen molar-refractivity contribution in [1.29, 1.82) is 0 Å². The Balaban J connectivity index is 1.03. The average molecular weight is 806 g/mol. The molecule has 1 aliphatic heterocycles. The van der Waals surface area contributed by atoms with E-state index in [9.17, 15) is 0 Å². The van der Waals surface area contributed by atoms with Crippen molar-refractivity contribution < 1.29 is 0 Å². The van der Waals surface area contributed by atoms with Crippen molar-refractivity contribution in [2.75, 3.05) is 9.80 Å². The van der Waals surface area contributed by atoms with Crippen LogP contribution in [0, 0.1) is 0 Å². The predicted octanol–water partition coefficient (Wildman–Crippen LogP) is 16.0. The lowest BCUT2D eigenvalue weighted by Gasteiger charge is -2.28. The summed E-state index contributed by atoms with van der Waals surface area (Å²) in [5.41, 5.74) is 16.7. The van der Waals surface area contributed by atoms with E-state index in [1.165, 1.54) is 72.1 Å². The van der Waals surface area contributed by atoms with Gasteiger partial charge < -0.3 is 14.4 Å². The first-order valence-corrected chi connectivity index (χ1v) is 21.9. The molecule has 2 aliphatic rings. The van der Waals surface area contributed by atoms with E-state index >= 15 is 0 Å². The normalized spacial score (nSPS) is 15.1. The Morgan fingerprint density at radius 2 is 0.952 bits per heavy atom. The van der Waals surface area contributed by atoms with Crippen molar-refractivity contribution in [2.45, 2.75) is 12.0 Å². The number of hydrogen-bond acceptors (Lipinski definition) is 2. The molecular formula is C60H43N3. The van der Waals surface area contributed by atoms with Gasteiger partial charge in [-0.1, -0.05) is 176 Å². The standard InChI is InChI=1S/C60H43N3/c1-6-20-43(21-7-1)58-55-41-53(50-30-16-17-32-52(50)60(55)63(47-28-14-5-15-29-47)59(58)44-22-8-2-9-23-44)42-34-36-48(37-35-42)61(45-24-10-3-11-25-45)49-38-39-57-54(40-49)51-31-18-19-33-56(51)62(57)46-26-12-4-13-27-46/h1-41,51,56H. The molecule has 9 aromatic carbocycles. The second kappa shape index (κ2) is 15.4. The fourth-order valence-corrected chi connectivity index (χ4v) is 10.2. The summed E-state index contributed by atoms with van der Waals surface area (Å²) in [6, 6.07) is 81.9. The molecule has 3 nitrogen and oxygen atoms in total. The summed E-state index contributed by atoms with van der Waals surface area (Å²) in [4.78, 5) is 4.89. The Kier molecular flexibility index (Phi) is 8.97. The monoisotopic (exact) mass is 805 g/mol. The van der Waals surface area contributed by atoms with Crippen LogP contribution >= 0.6 is 0 Å². The van der Waals surface area contributed by atoms with Gasteiger partial charge in [0.1, 0.15) is 0 Å². The topological polar surface area (TPSA) is 11.4 Å². The maximum atomic E-state index is 2.49. The van der Waals surface area contributed by atoms with Gasteiger partial charge in [0.2, 0.25) is 0 Å². The number of para-hydroxylation sites is 3. The SMILES string of the molecule is C1=CC2c3cc(N(c4ccccc4)c4ccc(-c5cc6c(-c7ccccc7)c(-c7ccccc7)n(-c7ccccc7)c6c6ccccc56)cc4)ccc3N(c3ccccc3)C2C=C1. The minimum atomic E-state index is 0.232. The summed E-state index contributed by atoms with van der Waals surface area (Å²) >= 11 is 0. The van der Waals surface area contributed by atoms with Crippen molar-refractivity contribution in [1.82, 2.24) is 4.57 Å². The Bertz CT molecular complexity index is 3320. The van der Waals surface area contributed by atoms with Crippen molar-refractivity contribution >= 4 is 50.1 Å². The molecule has 2 heterocycles. The van der Waals surface area contributed by atoms with E-state index in [0.29, 0.717) is 0 Å². The van der Waals surface area contributed by atoms with Crippen LogP contribution in [-0.2, 0) is 0 Å². The van der Waals surface area contributed by atoms with Crippen LogP contribution in [0.2, 0.25) is 0 Å². The summed E-state index contributed by atoms with van der Waals surface area (Å²) in [6.45, 7) is 0. The summed E-state index contributed by atoms with van der Waals surface area (Å²) < 4.78 is 2.48. The van der Waals surface area contributed by atoms with Crippen molar-refractivity contribution in [3.8, 4) is 39.2 Å². The third-order valence-corrected chi connectivity index (χ3v) is 12.9. The van der Waals surface area contributed by atoms with Gasteiger partial charge in [0.25, 0.3) is 0 Å². The van der Waals surface area contributed by atoms with E-state index in [1.807, 2.05) is 0 Å². The van der Waals surface area contributed by atoms with Crippen LogP contribution in [0.4, 0.5) is 28.4 Å². The van der Waals surface area contributed by atoms with Crippen LogP contribution in [0.3, 0.4) is 0 Å². The smallest absolute Gasteiger partial charge is 0.0629 e. The number of benzene rings is 9. The highest BCUT2D eigenvalue weighted by Gasteiger charge is 2.38. The summed E-state index contributed by atoms with van der Waals surface area (Å²) in [5.74, 6) is 0.258. The molecule has 0 radical (unpaired) electrons. The molecule has 0 spiro atoms. The molecule has 10 aromatic rings. The minimum absolute atomic E-state index is 0.232. The van der Waals surface area contributed by atoms with Crippen molar-refractivity contribution in [3.05, 3.63) is 254 Å². The number of allylic oxidation sites excluding steroid dienone is 2. The molecule has 0 saturated heterocycles. The second-order valence-electron chi connectivity index (χ2n) is 16.4. The number of fused-ring (bicyclic) bond motifs is 6. The zero-order chi connectivity index (χ0) is 41.7. The quantitative estimate of drug-likeness (QED) is 0.152. The average Bonchev–Trinajstić information content (AvgIpc) is 3.89. The fraction of sp³-hybridized carbons (Fsp3) is 0.0333. The molecule has 1 aromatic heterocycles. The summed E-state index contributed by atoms with van der Waals surface area (Å²) in [6.07, 6.45) is 9.09. The largest absolute Gasteiger partial charge is 0.333 e. The van der Waals surface area contributed by atoms with Gasteiger partial charge in [-0.05, 0) is 106 Å². The molecule has 2 atom stereocenters. The Morgan fingerprint density at radius 3 is 1.65 bits per heavy atom. The molecule has 0 N–H and O–H groups in total. The van der Waals surface area contributed by atoms with E-state index in [1.54, 1.807) is 0 Å². The Labute approximate surface area is 368 Å². The van der Waals surface area contributed by atoms with Gasteiger partial charge >= 0.3 is 0 Å². The molecule has 63 heavy (non-hydrogen) atoms. The first-order valence-electron chi connectivity index (χ1n) is 21.9. The molecule has 2 unspecified atom stereocenters. The number of aromatic nitrogens is 1. The fourth-order valence-electron chi connectivity index (χ4n) is 10.2. The van der Waals surface area contributed by atoms with Crippen LogP contribution in [0.5, 0.6) is 0 Å². The van der Waals surface area contributed by atoms with Gasteiger partial charge in [0, 0.05) is 56.4 Å². The number of rotatable bonds is 8. The zero-order valence-corrected chi connectivity index (χ0v) is 34.7. The third-order valence-electron chi connectivity index (χ3n) is 12.9. The number of hydrogen-bond donors (Lipinski definition) is 0. The summed E-state index contributed by atoms with van der Waals surface area (Å²) in [7, 11) is 0. The maximum absolute atomic E-state index is 2.49. The minimum Gasteiger partial charge on any atom is -0.333 e. The van der Waals surface area contributed by atoms with Crippen LogP contribution in [0.15, 0.2) is 249 Å². The first-order chi connectivity index (χ1) is 31.3. The zero-order valence-electron chi connectivity index (χ0n) is 34.7. The molecule has 1 aliphatic carbocycles. The van der Waals surface area contributed by atoms with E-state index in [0.717, 1.165) is 22.7 Å². The van der Waals surface area contributed by atoms with Crippen LogP contribution in [0.1, 0.15) is 11.5 Å². The van der Waals surface area contributed by atoms with Gasteiger partial charge in [-0.3, -0.25) is 0 Å². The first kappa shape index (κ1) is 36.7. The molecule has 298 valence electrons. The Morgan fingerprint density at radius 1 is 0.397 bits per heavy atom. The van der Waals surface area contributed by atoms with Crippen molar-refractivity contribution in [2.24, 2.45) is 0 Å². The van der Waals surface area contributed by atoms with Gasteiger partial charge in [-0.25, -0.2) is 0 Å². The maximum Gasteiger partial charge on any atom is 0.0629 e. The third kappa shape index (κ3) is 6.20. The lowest BCUT2D eigenvalue weighted by atomic mass is 9.91. The van der Waals surface area contributed by atoms with Gasteiger partial charge in [0.05, 0.1) is 17.3 Å². The van der Waals surface area contributed by atoms with Crippen LogP contribution < -0.4 is 9.80 Å². The Hall–Kier alpha value is -8.14. The molecule has 0 fully saturated rings. The predicted molar refractivity (Wildman–Crippen MR) is 265 cm³/mol. The van der Waals surface area contributed by atoms with E-state index in [4.69, 9.17) is 0 Å². The van der Waals surface area contributed by atoms with Crippen molar-refractivity contribution in [3.63, 3.8) is 0 Å². The molecule has 12 rings (SSSR count). The summed E-state index contributed by atoms with van der Waals surface area (Å²) in [5, 5.41) is 3.66. The van der Waals surface area contributed by atoms with Crippen LogP contribution in [0.25, 0.3) is 60.9 Å². The van der Waals surface area contributed by atoms with Crippen LogP contribution in [-0.4, -0.2) is 10.6 Å². The molecular weight excluding hydrogens is 763 g/mol. The van der Waals surface area contributed by atoms with E-state index < -0.39 is 0 Å². The number of anilines is 5. The highest BCUT2D eigenvalue weighted by Crippen LogP contribution is 2.51. The van der Waals surface area contributed by atoms with E-state index in [-0.39, 0.29) is 12.0 Å². The lowest BCUT2D eigenvalue weighted by molar-refractivity contribution is 0.745. The molecule has 0 saturated carbocycles. The van der Waals surface area contributed by atoms with Gasteiger partial charge in [-0.2, -0.15) is 0 Å². The number of nitrogens with zero attached hydrogens (tertiary/aromatic N) is 3. The highest BCUT2D eigenvalue weighted by atomic mass is 15.2.